The predicted octanol–water partition coefficient (Wildman–Crippen LogP) is -0.425. The Morgan fingerprint density at radius 2 is 1.67 bits per heavy atom. The number of nitrogens with one attached hydrogen (secondary N) is 1. The number of rotatable bonds is 3. The van der Waals surface area contributed by atoms with Crippen LogP contribution in [-0.2, 0) is 23.9 Å². The minimum absolute atomic E-state index is 0.329. The first-order valence-electron chi connectivity index (χ1n) is 6.18. The Kier molecular flexibility index (Phi) is 6.74. The van der Waals surface area contributed by atoms with Gasteiger partial charge >= 0.3 is 11.9 Å². The van der Waals surface area contributed by atoms with Gasteiger partial charge in [0.05, 0.1) is 5.92 Å². The Morgan fingerprint density at radius 1 is 1.24 bits per heavy atom. The third-order valence-corrected chi connectivity index (χ3v) is 2.23. The van der Waals surface area contributed by atoms with Gasteiger partial charge in [-0.15, -0.1) is 0 Å². The van der Waals surface area contributed by atoms with Gasteiger partial charge in [0.15, 0.2) is 0 Å². The van der Waals surface area contributed by atoms with E-state index in [1.54, 1.807) is 20.8 Å². The summed E-state index contributed by atoms with van der Waals surface area (Å²) in [6.45, 7) is 6.57. The molecule has 21 heavy (non-hydrogen) atoms. The highest BCUT2D eigenvalue weighted by Gasteiger charge is 2.30. The van der Waals surface area contributed by atoms with Crippen molar-refractivity contribution in [3.05, 3.63) is 12.2 Å². The first kappa shape index (κ1) is 18.8. The van der Waals surface area contributed by atoms with E-state index in [0.29, 0.717) is 0 Å². The van der Waals surface area contributed by atoms with Crippen molar-refractivity contribution in [1.29, 1.82) is 0 Å². The maximum atomic E-state index is 11.3. The van der Waals surface area contributed by atoms with Gasteiger partial charge in [0, 0.05) is 12.2 Å². The van der Waals surface area contributed by atoms with Gasteiger partial charge < -0.3 is 15.6 Å². The lowest BCUT2D eigenvalue weighted by molar-refractivity contribution is -0.163. The monoisotopic (exact) mass is 300 g/mol. The van der Waals surface area contributed by atoms with Crippen LogP contribution >= 0.6 is 0 Å². The third kappa shape index (κ3) is 7.83. The second-order valence-electron chi connectivity index (χ2n) is 5.37. The predicted molar refractivity (Wildman–Crippen MR) is 72.9 cm³/mol. The van der Waals surface area contributed by atoms with E-state index in [1.807, 2.05) is 5.32 Å². The SMILES string of the molecule is CC(C(=O)OC(C)(C)C)C(N)C(=O)O.O=C1C=CC(=O)N1. The van der Waals surface area contributed by atoms with Crippen LogP contribution < -0.4 is 11.1 Å². The lowest BCUT2D eigenvalue weighted by Gasteiger charge is -2.23. The van der Waals surface area contributed by atoms with Crippen LogP contribution in [0.2, 0.25) is 0 Å². The summed E-state index contributed by atoms with van der Waals surface area (Å²) in [5.74, 6) is -3.29. The Labute approximate surface area is 122 Å². The van der Waals surface area contributed by atoms with E-state index in [-0.39, 0.29) is 11.8 Å². The minimum atomic E-state index is -1.22. The van der Waals surface area contributed by atoms with Gasteiger partial charge in [-0.05, 0) is 27.7 Å². The minimum Gasteiger partial charge on any atom is -0.480 e. The van der Waals surface area contributed by atoms with Crippen molar-refractivity contribution in [3.63, 3.8) is 0 Å². The molecule has 0 aliphatic carbocycles. The molecule has 0 saturated carbocycles. The fraction of sp³-hybridized carbons (Fsp3) is 0.538. The van der Waals surface area contributed by atoms with E-state index >= 15 is 0 Å². The molecule has 1 heterocycles. The third-order valence-electron chi connectivity index (χ3n) is 2.23. The summed E-state index contributed by atoms with van der Waals surface area (Å²) in [4.78, 5) is 41.9. The quantitative estimate of drug-likeness (QED) is 0.475. The molecule has 8 nitrogen and oxygen atoms in total. The molecule has 2 amide bonds. The normalized spacial score (nSPS) is 16.4. The van der Waals surface area contributed by atoms with Gasteiger partial charge in [0.2, 0.25) is 0 Å². The Bertz CT molecular complexity index is 448. The molecule has 0 saturated heterocycles. The summed E-state index contributed by atoms with van der Waals surface area (Å²) in [5.41, 5.74) is 4.66. The van der Waals surface area contributed by atoms with Crippen LogP contribution in [0.15, 0.2) is 12.2 Å². The van der Waals surface area contributed by atoms with E-state index in [9.17, 15) is 19.2 Å². The lowest BCUT2D eigenvalue weighted by atomic mass is 10.0. The smallest absolute Gasteiger partial charge is 0.321 e. The standard InChI is InChI=1S/C9H17NO4.C4H3NO2/c1-5(6(10)7(11)12)8(13)14-9(2,3)4;6-3-1-2-4(7)5-3/h5-6H,10H2,1-4H3,(H,11,12);1-2H,(H,5,6,7). The number of imide groups is 1. The number of carboxylic acids is 1. The molecule has 0 radical (unpaired) electrons. The zero-order chi connectivity index (χ0) is 16.8. The molecular weight excluding hydrogens is 280 g/mol. The zero-order valence-corrected chi connectivity index (χ0v) is 12.4. The van der Waals surface area contributed by atoms with Gasteiger partial charge in [-0.1, -0.05) is 0 Å². The number of hydrogen-bond acceptors (Lipinski definition) is 6. The van der Waals surface area contributed by atoms with Crippen molar-refractivity contribution >= 4 is 23.8 Å². The number of hydrogen-bond donors (Lipinski definition) is 3. The van der Waals surface area contributed by atoms with Crippen LogP contribution in [0, 0.1) is 5.92 Å². The van der Waals surface area contributed by atoms with Crippen LogP contribution in [0.3, 0.4) is 0 Å². The van der Waals surface area contributed by atoms with Crippen molar-refractivity contribution in [3.8, 4) is 0 Å². The highest BCUT2D eigenvalue weighted by atomic mass is 16.6. The molecule has 2 unspecified atom stereocenters. The average molecular weight is 300 g/mol. The summed E-state index contributed by atoms with van der Waals surface area (Å²) >= 11 is 0. The molecule has 0 aromatic carbocycles. The number of nitrogens with two attached hydrogens (primary N) is 1. The Balaban J connectivity index is 0.000000471. The fourth-order valence-corrected chi connectivity index (χ4v) is 1.11. The summed E-state index contributed by atoms with van der Waals surface area (Å²) < 4.78 is 4.99. The van der Waals surface area contributed by atoms with E-state index in [0.717, 1.165) is 0 Å². The van der Waals surface area contributed by atoms with Crippen molar-refractivity contribution in [1.82, 2.24) is 5.32 Å². The van der Waals surface area contributed by atoms with Crippen LogP contribution in [0.25, 0.3) is 0 Å². The van der Waals surface area contributed by atoms with Gasteiger partial charge in [0.25, 0.3) is 11.8 Å². The fourth-order valence-electron chi connectivity index (χ4n) is 1.11. The second kappa shape index (κ2) is 7.53. The number of carboxylic acid groups (broad SMARTS) is 1. The maximum absolute atomic E-state index is 11.3. The first-order valence-corrected chi connectivity index (χ1v) is 6.18. The molecule has 8 heteroatoms. The number of carbonyl (C=O) groups is 4. The van der Waals surface area contributed by atoms with Crippen LogP contribution in [0.1, 0.15) is 27.7 Å². The summed E-state index contributed by atoms with van der Waals surface area (Å²) in [6.07, 6.45) is 2.39. The van der Waals surface area contributed by atoms with E-state index in [1.165, 1.54) is 19.1 Å². The van der Waals surface area contributed by atoms with E-state index in [2.05, 4.69) is 0 Å². The molecule has 0 aromatic rings. The molecule has 1 aliphatic heterocycles. The summed E-state index contributed by atoms with van der Waals surface area (Å²) in [6, 6.07) is -1.22. The van der Waals surface area contributed by atoms with Gasteiger partial charge in [-0.3, -0.25) is 24.5 Å². The summed E-state index contributed by atoms with van der Waals surface area (Å²) in [7, 11) is 0. The topological polar surface area (TPSA) is 136 Å². The number of aliphatic carboxylic acids is 1. The van der Waals surface area contributed by atoms with Crippen molar-refractivity contribution in [2.24, 2.45) is 11.7 Å². The van der Waals surface area contributed by atoms with Crippen molar-refractivity contribution in [2.45, 2.75) is 39.3 Å². The number of ether oxygens (including phenoxy) is 1. The molecule has 118 valence electrons. The number of carbonyl (C=O) groups excluding carboxylic acids is 3. The van der Waals surface area contributed by atoms with Gasteiger partial charge in [-0.25, -0.2) is 0 Å². The second-order valence-corrected chi connectivity index (χ2v) is 5.37. The van der Waals surface area contributed by atoms with Crippen LogP contribution in [0.5, 0.6) is 0 Å². The van der Waals surface area contributed by atoms with Gasteiger partial charge in [-0.2, -0.15) is 0 Å². The van der Waals surface area contributed by atoms with Crippen LogP contribution in [-0.4, -0.2) is 40.5 Å². The maximum Gasteiger partial charge on any atom is 0.321 e. The van der Waals surface area contributed by atoms with Crippen molar-refractivity contribution in [2.75, 3.05) is 0 Å². The van der Waals surface area contributed by atoms with E-state index < -0.39 is 29.5 Å². The largest absolute Gasteiger partial charge is 0.480 e. The number of amides is 2. The van der Waals surface area contributed by atoms with E-state index in [4.69, 9.17) is 15.6 Å². The molecule has 0 spiro atoms. The molecular formula is C13H20N2O6. The highest BCUT2D eigenvalue weighted by molar-refractivity contribution is 6.12. The average Bonchev–Trinajstić information content (AvgIpc) is 2.69. The molecule has 2 atom stereocenters. The first-order chi connectivity index (χ1) is 9.44. The molecule has 0 bridgehead atoms. The van der Waals surface area contributed by atoms with Crippen molar-refractivity contribution < 1.29 is 29.0 Å². The Hall–Kier alpha value is -2.22. The highest BCUT2D eigenvalue weighted by Crippen LogP contribution is 2.12. The molecule has 1 rings (SSSR count). The Morgan fingerprint density at radius 3 is 1.90 bits per heavy atom. The summed E-state index contributed by atoms with van der Waals surface area (Å²) in [5, 5.41) is 10.6. The molecule has 0 aromatic heterocycles. The zero-order valence-electron chi connectivity index (χ0n) is 12.4. The number of esters is 1. The molecule has 4 N–H and O–H groups in total. The molecule has 1 aliphatic rings. The van der Waals surface area contributed by atoms with Crippen LogP contribution in [0.4, 0.5) is 0 Å². The lowest BCUT2D eigenvalue weighted by Crippen LogP contribution is -2.42. The molecule has 0 fully saturated rings. The van der Waals surface area contributed by atoms with Gasteiger partial charge in [0.1, 0.15) is 11.6 Å².